The van der Waals surface area contributed by atoms with E-state index in [2.05, 4.69) is 5.10 Å². The Labute approximate surface area is 84.1 Å². The van der Waals surface area contributed by atoms with E-state index in [1.165, 1.54) is 0 Å². The standard InChI is InChI=1S/C10H17N3O/c1-4-6-10(2,11)9(14)8-5-7-12-13(8)3/h5,7H,4,6,11H2,1-3H3. The molecule has 1 atom stereocenters. The fourth-order valence-corrected chi connectivity index (χ4v) is 1.52. The van der Waals surface area contributed by atoms with Crippen LogP contribution in [0.15, 0.2) is 12.3 Å². The molecule has 1 aromatic rings. The molecule has 0 radical (unpaired) electrons. The van der Waals surface area contributed by atoms with E-state index in [-0.39, 0.29) is 5.78 Å². The largest absolute Gasteiger partial charge is 0.319 e. The van der Waals surface area contributed by atoms with Crippen molar-refractivity contribution in [1.29, 1.82) is 0 Å². The molecule has 0 spiro atoms. The van der Waals surface area contributed by atoms with Crippen LogP contribution in [-0.4, -0.2) is 21.1 Å². The Hall–Kier alpha value is -1.16. The minimum Gasteiger partial charge on any atom is -0.319 e. The van der Waals surface area contributed by atoms with E-state index in [4.69, 9.17) is 5.73 Å². The molecule has 0 bridgehead atoms. The van der Waals surface area contributed by atoms with Gasteiger partial charge in [-0.3, -0.25) is 9.48 Å². The van der Waals surface area contributed by atoms with Gasteiger partial charge in [0.1, 0.15) is 5.69 Å². The molecule has 0 aromatic carbocycles. The van der Waals surface area contributed by atoms with Crippen molar-refractivity contribution in [1.82, 2.24) is 9.78 Å². The molecule has 1 aromatic heterocycles. The summed E-state index contributed by atoms with van der Waals surface area (Å²) in [5.41, 5.74) is 5.74. The number of nitrogens with two attached hydrogens (primary N) is 1. The van der Waals surface area contributed by atoms with Crippen molar-refractivity contribution in [2.24, 2.45) is 12.8 Å². The van der Waals surface area contributed by atoms with Crippen molar-refractivity contribution in [3.05, 3.63) is 18.0 Å². The normalized spacial score (nSPS) is 15.1. The van der Waals surface area contributed by atoms with Crippen molar-refractivity contribution in [2.75, 3.05) is 0 Å². The monoisotopic (exact) mass is 195 g/mol. The summed E-state index contributed by atoms with van der Waals surface area (Å²) < 4.78 is 1.56. The number of ketones is 1. The number of aromatic nitrogens is 2. The smallest absolute Gasteiger partial charge is 0.200 e. The van der Waals surface area contributed by atoms with Crippen molar-refractivity contribution >= 4 is 5.78 Å². The van der Waals surface area contributed by atoms with Gasteiger partial charge in [0.2, 0.25) is 0 Å². The zero-order valence-corrected chi connectivity index (χ0v) is 8.95. The maximum atomic E-state index is 12.0. The van der Waals surface area contributed by atoms with Gasteiger partial charge in [0.25, 0.3) is 0 Å². The molecule has 0 aliphatic rings. The molecule has 4 nitrogen and oxygen atoms in total. The molecule has 4 heteroatoms. The quantitative estimate of drug-likeness (QED) is 0.732. The van der Waals surface area contributed by atoms with E-state index >= 15 is 0 Å². The number of Topliss-reactive ketones (excluding diaryl/α,β-unsaturated/α-hetero) is 1. The number of carbonyl (C=O) groups excluding carboxylic acids is 1. The van der Waals surface area contributed by atoms with Crippen molar-refractivity contribution in [3.8, 4) is 0 Å². The van der Waals surface area contributed by atoms with E-state index < -0.39 is 5.54 Å². The first-order valence-electron chi connectivity index (χ1n) is 4.80. The zero-order chi connectivity index (χ0) is 10.8. The Balaban J connectivity index is 2.90. The molecule has 2 N–H and O–H groups in total. The lowest BCUT2D eigenvalue weighted by atomic mass is 9.90. The Morgan fingerprint density at radius 1 is 1.71 bits per heavy atom. The molecular weight excluding hydrogens is 178 g/mol. The van der Waals surface area contributed by atoms with Gasteiger partial charge in [-0.1, -0.05) is 13.3 Å². The molecule has 0 amide bonds. The molecule has 0 fully saturated rings. The maximum absolute atomic E-state index is 12.0. The van der Waals surface area contributed by atoms with E-state index in [0.717, 1.165) is 6.42 Å². The molecule has 1 unspecified atom stereocenters. The first-order chi connectivity index (χ1) is 6.49. The first-order valence-corrected chi connectivity index (χ1v) is 4.80. The second kappa shape index (κ2) is 3.92. The molecule has 0 saturated carbocycles. The van der Waals surface area contributed by atoms with Gasteiger partial charge >= 0.3 is 0 Å². The summed E-state index contributed by atoms with van der Waals surface area (Å²) in [5.74, 6) is -0.0423. The van der Waals surface area contributed by atoms with E-state index in [9.17, 15) is 4.79 Å². The SMILES string of the molecule is CCCC(C)(N)C(=O)c1ccnn1C. The lowest BCUT2D eigenvalue weighted by molar-refractivity contribution is 0.0883. The van der Waals surface area contributed by atoms with Crippen LogP contribution in [0.2, 0.25) is 0 Å². The average Bonchev–Trinajstić information content (AvgIpc) is 2.50. The van der Waals surface area contributed by atoms with Crippen molar-refractivity contribution in [3.63, 3.8) is 0 Å². The summed E-state index contributed by atoms with van der Waals surface area (Å²) in [6.07, 6.45) is 3.20. The van der Waals surface area contributed by atoms with Gasteiger partial charge in [-0.15, -0.1) is 0 Å². The summed E-state index contributed by atoms with van der Waals surface area (Å²) >= 11 is 0. The Morgan fingerprint density at radius 2 is 2.36 bits per heavy atom. The van der Waals surface area contributed by atoms with Gasteiger partial charge < -0.3 is 5.73 Å². The van der Waals surface area contributed by atoms with Gasteiger partial charge in [0.05, 0.1) is 5.54 Å². The van der Waals surface area contributed by atoms with Crippen molar-refractivity contribution in [2.45, 2.75) is 32.2 Å². The lowest BCUT2D eigenvalue weighted by Gasteiger charge is -2.21. The third-order valence-corrected chi connectivity index (χ3v) is 2.34. The molecule has 1 heterocycles. The number of rotatable bonds is 4. The fourth-order valence-electron chi connectivity index (χ4n) is 1.52. The molecule has 1 rings (SSSR count). The van der Waals surface area contributed by atoms with Crippen LogP contribution in [0.5, 0.6) is 0 Å². The molecule has 78 valence electrons. The molecule has 0 aliphatic carbocycles. The summed E-state index contributed by atoms with van der Waals surface area (Å²) in [5, 5.41) is 3.95. The van der Waals surface area contributed by atoms with Crippen LogP contribution >= 0.6 is 0 Å². The Bertz CT molecular complexity index is 328. The van der Waals surface area contributed by atoms with E-state index in [0.29, 0.717) is 12.1 Å². The number of nitrogens with zero attached hydrogens (tertiary/aromatic N) is 2. The average molecular weight is 195 g/mol. The predicted molar refractivity (Wildman–Crippen MR) is 55.0 cm³/mol. The molecule has 0 saturated heterocycles. The summed E-state index contributed by atoms with van der Waals surface area (Å²) in [7, 11) is 1.75. The molecule has 14 heavy (non-hydrogen) atoms. The van der Waals surface area contributed by atoms with Gasteiger partial charge in [0.15, 0.2) is 5.78 Å². The number of hydrogen-bond acceptors (Lipinski definition) is 3. The first kappa shape index (κ1) is 10.9. The highest BCUT2D eigenvalue weighted by molar-refractivity contribution is 6.01. The van der Waals surface area contributed by atoms with Crippen LogP contribution < -0.4 is 5.73 Å². The topological polar surface area (TPSA) is 60.9 Å². The lowest BCUT2D eigenvalue weighted by Crippen LogP contribution is -2.45. The van der Waals surface area contributed by atoms with Crippen LogP contribution in [0.3, 0.4) is 0 Å². The predicted octanol–water partition coefficient (Wildman–Crippen LogP) is 1.12. The summed E-state index contributed by atoms with van der Waals surface area (Å²) in [6.45, 7) is 3.79. The van der Waals surface area contributed by atoms with Crippen molar-refractivity contribution < 1.29 is 4.79 Å². The van der Waals surface area contributed by atoms with Crippen LogP contribution in [0.1, 0.15) is 37.2 Å². The highest BCUT2D eigenvalue weighted by atomic mass is 16.1. The molecular formula is C10H17N3O. The summed E-state index contributed by atoms with van der Waals surface area (Å²) in [4.78, 5) is 12.0. The third kappa shape index (κ3) is 2.01. The zero-order valence-electron chi connectivity index (χ0n) is 8.95. The summed E-state index contributed by atoms with van der Waals surface area (Å²) in [6, 6.07) is 1.70. The highest BCUT2D eigenvalue weighted by Crippen LogP contribution is 2.15. The maximum Gasteiger partial charge on any atom is 0.200 e. The van der Waals surface area contributed by atoms with E-state index in [1.807, 2.05) is 6.92 Å². The second-order valence-corrected chi connectivity index (χ2v) is 3.84. The Morgan fingerprint density at radius 3 is 2.79 bits per heavy atom. The van der Waals surface area contributed by atoms with Gasteiger partial charge in [-0.2, -0.15) is 5.10 Å². The van der Waals surface area contributed by atoms with Gasteiger partial charge in [0, 0.05) is 13.2 Å². The number of carbonyl (C=O) groups is 1. The molecule has 0 aliphatic heterocycles. The second-order valence-electron chi connectivity index (χ2n) is 3.84. The number of hydrogen-bond donors (Lipinski definition) is 1. The highest BCUT2D eigenvalue weighted by Gasteiger charge is 2.29. The van der Waals surface area contributed by atoms with Crippen LogP contribution in [0, 0.1) is 0 Å². The minimum absolute atomic E-state index is 0.0423. The van der Waals surface area contributed by atoms with Crippen LogP contribution in [0.4, 0.5) is 0 Å². The number of aryl methyl sites for hydroxylation is 1. The van der Waals surface area contributed by atoms with Crippen LogP contribution in [-0.2, 0) is 7.05 Å². The van der Waals surface area contributed by atoms with Gasteiger partial charge in [-0.25, -0.2) is 0 Å². The van der Waals surface area contributed by atoms with Crippen LogP contribution in [0.25, 0.3) is 0 Å². The van der Waals surface area contributed by atoms with Gasteiger partial charge in [-0.05, 0) is 19.4 Å². The fraction of sp³-hybridized carbons (Fsp3) is 0.600. The Kier molecular flexibility index (Phi) is 3.06. The minimum atomic E-state index is -0.775. The third-order valence-electron chi connectivity index (χ3n) is 2.34. The van der Waals surface area contributed by atoms with E-state index in [1.54, 1.807) is 30.9 Å².